The van der Waals surface area contributed by atoms with Crippen LogP contribution >= 0.6 is 0 Å². The minimum Gasteiger partial charge on any atom is -0.508 e. The maximum atomic E-state index is 12.3. The second-order valence-corrected chi connectivity index (χ2v) is 2.59. The lowest BCUT2D eigenvalue weighted by atomic mass is 10.3. The highest BCUT2D eigenvalue weighted by Gasteiger charge is 1.99. The lowest BCUT2D eigenvalue weighted by molar-refractivity contribution is 0.209. The molecular formula is C9H11FO2. The van der Waals surface area contributed by atoms with Gasteiger partial charge in [0.15, 0.2) is 0 Å². The molecule has 1 atom stereocenters. The minimum atomic E-state index is -0.993. The van der Waals surface area contributed by atoms with E-state index in [1.807, 2.05) is 0 Å². The van der Waals surface area contributed by atoms with Gasteiger partial charge in [-0.25, -0.2) is 4.39 Å². The summed E-state index contributed by atoms with van der Waals surface area (Å²) >= 11 is 0. The molecule has 1 rings (SSSR count). The summed E-state index contributed by atoms with van der Waals surface area (Å²) in [7, 11) is 0. The number of hydrogen-bond acceptors (Lipinski definition) is 2. The van der Waals surface area contributed by atoms with E-state index in [1.54, 1.807) is 12.1 Å². The van der Waals surface area contributed by atoms with Gasteiger partial charge in [0.05, 0.1) is 0 Å². The summed E-state index contributed by atoms with van der Waals surface area (Å²) in [6.45, 7) is 1.44. The van der Waals surface area contributed by atoms with Crippen LogP contribution in [-0.2, 0) is 0 Å². The molecule has 0 saturated heterocycles. The highest BCUT2D eigenvalue weighted by molar-refractivity contribution is 5.31. The van der Waals surface area contributed by atoms with Crippen LogP contribution in [0.25, 0.3) is 0 Å². The first-order valence-electron chi connectivity index (χ1n) is 3.74. The Morgan fingerprint density at radius 1 is 1.58 bits per heavy atom. The first kappa shape index (κ1) is 8.84. The van der Waals surface area contributed by atoms with E-state index in [0.717, 1.165) is 0 Å². The van der Waals surface area contributed by atoms with Gasteiger partial charge in [-0.3, -0.25) is 0 Å². The average molecular weight is 170 g/mol. The zero-order valence-electron chi connectivity index (χ0n) is 6.83. The van der Waals surface area contributed by atoms with E-state index in [2.05, 4.69) is 0 Å². The fourth-order valence-electron chi connectivity index (χ4n) is 0.784. The molecule has 0 aliphatic heterocycles. The Bertz CT molecular complexity index is 248. The maximum absolute atomic E-state index is 12.3. The Morgan fingerprint density at radius 2 is 2.33 bits per heavy atom. The van der Waals surface area contributed by atoms with Crippen molar-refractivity contribution in [3.05, 3.63) is 24.3 Å². The van der Waals surface area contributed by atoms with Gasteiger partial charge in [0, 0.05) is 6.07 Å². The highest BCUT2D eigenvalue weighted by Crippen LogP contribution is 2.17. The van der Waals surface area contributed by atoms with Crippen molar-refractivity contribution in [1.82, 2.24) is 0 Å². The van der Waals surface area contributed by atoms with Crippen molar-refractivity contribution < 1.29 is 14.2 Å². The first-order chi connectivity index (χ1) is 5.68. The van der Waals surface area contributed by atoms with Crippen molar-refractivity contribution in [2.75, 3.05) is 6.61 Å². The molecule has 66 valence electrons. The second kappa shape index (κ2) is 3.95. The SMILES string of the molecule is CC(F)COc1cccc(O)c1. The summed E-state index contributed by atoms with van der Waals surface area (Å²) in [5.74, 6) is 0.610. The zero-order chi connectivity index (χ0) is 8.97. The van der Waals surface area contributed by atoms with Gasteiger partial charge < -0.3 is 9.84 Å². The van der Waals surface area contributed by atoms with E-state index in [9.17, 15) is 4.39 Å². The van der Waals surface area contributed by atoms with Crippen LogP contribution in [0.4, 0.5) is 4.39 Å². The molecule has 3 heteroatoms. The minimum absolute atomic E-state index is 0.0173. The number of benzene rings is 1. The zero-order valence-corrected chi connectivity index (χ0v) is 6.83. The quantitative estimate of drug-likeness (QED) is 0.752. The van der Waals surface area contributed by atoms with Crippen LogP contribution < -0.4 is 4.74 Å². The van der Waals surface area contributed by atoms with Crippen molar-refractivity contribution in [1.29, 1.82) is 0 Å². The van der Waals surface area contributed by atoms with Crippen LogP contribution in [0.5, 0.6) is 11.5 Å². The number of ether oxygens (including phenoxy) is 1. The molecule has 0 aliphatic carbocycles. The van der Waals surface area contributed by atoms with Gasteiger partial charge in [-0.05, 0) is 19.1 Å². The number of rotatable bonds is 3. The first-order valence-corrected chi connectivity index (χ1v) is 3.74. The van der Waals surface area contributed by atoms with E-state index < -0.39 is 6.17 Å². The molecule has 2 nitrogen and oxygen atoms in total. The van der Waals surface area contributed by atoms with E-state index in [1.165, 1.54) is 19.1 Å². The van der Waals surface area contributed by atoms with Gasteiger partial charge in [0.1, 0.15) is 24.3 Å². The Hall–Kier alpha value is -1.25. The fraction of sp³-hybridized carbons (Fsp3) is 0.333. The third-order valence-corrected chi connectivity index (χ3v) is 1.30. The molecule has 0 fully saturated rings. The largest absolute Gasteiger partial charge is 0.508 e. The molecule has 0 radical (unpaired) electrons. The van der Waals surface area contributed by atoms with Gasteiger partial charge in [-0.1, -0.05) is 6.07 Å². The molecule has 0 heterocycles. The Morgan fingerprint density at radius 3 is 2.92 bits per heavy atom. The predicted molar refractivity (Wildman–Crippen MR) is 44.2 cm³/mol. The van der Waals surface area contributed by atoms with Gasteiger partial charge >= 0.3 is 0 Å². The molecule has 1 aromatic carbocycles. The maximum Gasteiger partial charge on any atom is 0.131 e. The summed E-state index contributed by atoms with van der Waals surface area (Å²) in [6, 6.07) is 6.30. The molecule has 1 aromatic rings. The third-order valence-electron chi connectivity index (χ3n) is 1.30. The molecule has 0 aliphatic rings. The number of aromatic hydroxyl groups is 1. The normalized spacial score (nSPS) is 12.5. The number of alkyl halides is 1. The Balaban J connectivity index is 2.52. The number of phenols is 1. The third kappa shape index (κ3) is 2.78. The summed E-state index contributed by atoms with van der Waals surface area (Å²) in [5.41, 5.74) is 0. The molecule has 0 bridgehead atoms. The number of halogens is 1. The lowest BCUT2D eigenvalue weighted by Gasteiger charge is -2.06. The average Bonchev–Trinajstić information content (AvgIpc) is 2.01. The van der Waals surface area contributed by atoms with Crippen LogP contribution in [0.3, 0.4) is 0 Å². The lowest BCUT2D eigenvalue weighted by Crippen LogP contribution is -2.07. The Kier molecular flexibility index (Phi) is 2.91. The molecular weight excluding hydrogens is 159 g/mol. The topological polar surface area (TPSA) is 29.5 Å². The van der Waals surface area contributed by atoms with Crippen molar-refractivity contribution in [3.8, 4) is 11.5 Å². The summed E-state index contributed by atoms with van der Waals surface area (Å²) in [6.07, 6.45) is -0.993. The Labute approximate surface area is 70.6 Å². The van der Waals surface area contributed by atoms with E-state index in [4.69, 9.17) is 9.84 Å². The molecule has 0 spiro atoms. The van der Waals surface area contributed by atoms with Crippen LogP contribution in [0.2, 0.25) is 0 Å². The molecule has 1 unspecified atom stereocenters. The predicted octanol–water partition coefficient (Wildman–Crippen LogP) is 2.13. The monoisotopic (exact) mass is 170 g/mol. The van der Waals surface area contributed by atoms with Crippen molar-refractivity contribution in [2.45, 2.75) is 13.1 Å². The molecule has 0 amide bonds. The highest BCUT2D eigenvalue weighted by atomic mass is 19.1. The number of phenolic OH excluding ortho intramolecular Hbond substituents is 1. The van der Waals surface area contributed by atoms with Gasteiger partial charge in [-0.15, -0.1) is 0 Å². The van der Waals surface area contributed by atoms with Crippen molar-refractivity contribution in [3.63, 3.8) is 0 Å². The van der Waals surface area contributed by atoms with Crippen LogP contribution in [0.15, 0.2) is 24.3 Å². The smallest absolute Gasteiger partial charge is 0.131 e. The molecule has 1 N–H and O–H groups in total. The molecule has 0 aromatic heterocycles. The fourth-order valence-corrected chi connectivity index (χ4v) is 0.784. The van der Waals surface area contributed by atoms with Gasteiger partial charge in [0.2, 0.25) is 0 Å². The summed E-state index contributed by atoms with van der Waals surface area (Å²) < 4.78 is 17.3. The van der Waals surface area contributed by atoms with Gasteiger partial charge in [-0.2, -0.15) is 0 Å². The molecule has 0 saturated carbocycles. The summed E-state index contributed by atoms with van der Waals surface area (Å²) in [5, 5.41) is 9.00. The van der Waals surface area contributed by atoms with Crippen LogP contribution in [0.1, 0.15) is 6.92 Å². The van der Waals surface area contributed by atoms with E-state index in [0.29, 0.717) is 5.75 Å². The summed E-state index contributed by atoms with van der Waals surface area (Å²) in [4.78, 5) is 0. The van der Waals surface area contributed by atoms with Crippen LogP contribution in [-0.4, -0.2) is 17.9 Å². The van der Waals surface area contributed by atoms with E-state index >= 15 is 0 Å². The van der Waals surface area contributed by atoms with Crippen molar-refractivity contribution >= 4 is 0 Å². The van der Waals surface area contributed by atoms with Crippen LogP contribution in [0, 0.1) is 0 Å². The standard InChI is InChI=1S/C9H11FO2/c1-7(10)6-12-9-4-2-3-8(11)5-9/h2-5,7,11H,6H2,1H3. The second-order valence-electron chi connectivity index (χ2n) is 2.59. The van der Waals surface area contributed by atoms with Crippen molar-refractivity contribution in [2.24, 2.45) is 0 Å². The molecule has 12 heavy (non-hydrogen) atoms. The van der Waals surface area contributed by atoms with E-state index in [-0.39, 0.29) is 12.4 Å². The number of hydrogen-bond donors (Lipinski definition) is 1. The van der Waals surface area contributed by atoms with Gasteiger partial charge in [0.25, 0.3) is 0 Å².